The smallest absolute Gasteiger partial charge is 0.416 e. The summed E-state index contributed by atoms with van der Waals surface area (Å²) in [6.07, 6.45) is -4.57. The van der Waals surface area contributed by atoms with Gasteiger partial charge < -0.3 is 10.4 Å². The standard InChI is InChI=1S/C14H9ClF3NO2/c15-9-5-8(14(16,17)18)6-10(7-9)19-13(21)11-3-1-2-4-12(11)20/h1-7,20H,(H,19,21). The Labute approximate surface area is 123 Å². The molecule has 0 saturated carbocycles. The summed E-state index contributed by atoms with van der Waals surface area (Å²) in [6, 6.07) is 8.41. The summed E-state index contributed by atoms with van der Waals surface area (Å²) < 4.78 is 38.0. The van der Waals surface area contributed by atoms with Gasteiger partial charge in [-0.05, 0) is 30.3 Å². The highest BCUT2D eigenvalue weighted by Gasteiger charge is 2.31. The first-order valence-corrected chi connectivity index (χ1v) is 6.12. The fraction of sp³-hybridized carbons (Fsp3) is 0.0714. The number of rotatable bonds is 2. The molecule has 7 heteroatoms. The number of hydrogen-bond acceptors (Lipinski definition) is 2. The molecule has 0 aromatic heterocycles. The van der Waals surface area contributed by atoms with Gasteiger partial charge in [-0.3, -0.25) is 4.79 Å². The van der Waals surface area contributed by atoms with Gasteiger partial charge in [-0.25, -0.2) is 0 Å². The third-order valence-corrected chi connectivity index (χ3v) is 2.85. The molecule has 2 rings (SSSR count). The van der Waals surface area contributed by atoms with Crippen LogP contribution < -0.4 is 5.32 Å². The number of phenols is 1. The van der Waals surface area contributed by atoms with E-state index in [9.17, 15) is 23.1 Å². The molecule has 0 fully saturated rings. The van der Waals surface area contributed by atoms with Crippen molar-refractivity contribution in [1.82, 2.24) is 0 Å². The van der Waals surface area contributed by atoms with Gasteiger partial charge in [0.25, 0.3) is 5.91 Å². The van der Waals surface area contributed by atoms with Gasteiger partial charge in [0, 0.05) is 10.7 Å². The van der Waals surface area contributed by atoms with Crippen molar-refractivity contribution in [3.05, 3.63) is 58.6 Å². The number of anilines is 1. The topological polar surface area (TPSA) is 49.3 Å². The number of hydrogen-bond donors (Lipinski definition) is 2. The van der Waals surface area contributed by atoms with Crippen LogP contribution in [0.4, 0.5) is 18.9 Å². The summed E-state index contributed by atoms with van der Waals surface area (Å²) in [5.41, 5.74) is -1.13. The maximum absolute atomic E-state index is 12.7. The average molecular weight is 316 g/mol. The highest BCUT2D eigenvalue weighted by molar-refractivity contribution is 6.31. The van der Waals surface area contributed by atoms with E-state index >= 15 is 0 Å². The predicted molar refractivity (Wildman–Crippen MR) is 72.5 cm³/mol. The zero-order valence-electron chi connectivity index (χ0n) is 10.4. The molecule has 0 atom stereocenters. The first kappa shape index (κ1) is 15.2. The molecule has 2 aromatic carbocycles. The molecule has 0 aliphatic heterocycles. The number of halogens is 4. The number of alkyl halides is 3. The SMILES string of the molecule is O=C(Nc1cc(Cl)cc(C(F)(F)F)c1)c1ccccc1O. The van der Waals surface area contributed by atoms with Crippen LogP contribution in [0.3, 0.4) is 0 Å². The highest BCUT2D eigenvalue weighted by atomic mass is 35.5. The van der Waals surface area contributed by atoms with Crippen LogP contribution in [0, 0.1) is 0 Å². The lowest BCUT2D eigenvalue weighted by Crippen LogP contribution is -2.13. The van der Waals surface area contributed by atoms with Crippen molar-refractivity contribution in [2.24, 2.45) is 0 Å². The minimum absolute atomic E-state index is 0.0500. The fourth-order valence-electron chi connectivity index (χ4n) is 1.69. The monoisotopic (exact) mass is 315 g/mol. The van der Waals surface area contributed by atoms with Crippen molar-refractivity contribution in [3.8, 4) is 5.75 Å². The maximum atomic E-state index is 12.7. The van der Waals surface area contributed by atoms with Crippen molar-refractivity contribution in [1.29, 1.82) is 0 Å². The highest BCUT2D eigenvalue weighted by Crippen LogP contribution is 2.33. The quantitative estimate of drug-likeness (QED) is 0.867. The molecule has 0 bridgehead atoms. The Bertz CT molecular complexity index is 686. The molecule has 0 unspecified atom stereocenters. The minimum atomic E-state index is -4.57. The van der Waals surface area contributed by atoms with E-state index in [0.717, 1.165) is 12.1 Å². The Hall–Kier alpha value is -2.21. The van der Waals surface area contributed by atoms with E-state index in [1.54, 1.807) is 0 Å². The Balaban J connectivity index is 2.30. The minimum Gasteiger partial charge on any atom is -0.507 e. The Morgan fingerprint density at radius 1 is 1.14 bits per heavy atom. The van der Waals surface area contributed by atoms with Gasteiger partial charge >= 0.3 is 6.18 Å². The molecule has 0 aliphatic carbocycles. The van der Waals surface area contributed by atoms with Crippen LogP contribution in [-0.2, 0) is 6.18 Å². The van der Waals surface area contributed by atoms with Gasteiger partial charge in [-0.15, -0.1) is 0 Å². The predicted octanol–water partition coefficient (Wildman–Crippen LogP) is 4.32. The molecule has 0 saturated heterocycles. The van der Waals surface area contributed by atoms with Crippen LogP contribution in [0.1, 0.15) is 15.9 Å². The number of nitrogens with one attached hydrogen (secondary N) is 1. The molecule has 110 valence electrons. The second kappa shape index (κ2) is 5.65. The normalized spacial score (nSPS) is 11.2. The van der Waals surface area contributed by atoms with Crippen LogP contribution in [0.5, 0.6) is 5.75 Å². The maximum Gasteiger partial charge on any atom is 0.416 e. The van der Waals surface area contributed by atoms with E-state index in [0.29, 0.717) is 0 Å². The zero-order chi connectivity index (χ0) is 15.6. The fourth-order valence-corrected chi connectivity index (χ4v) is 1.92. The van der Waals surface area contributed by atoms with Crippen molar-refractivity contribution in [2.75, 3.05) is 5.32 Å². The zero-order valence-corrected chi connectivity index (χ0v) is 11.2. The van der Waals surface area contributed by atoms with E-state index in [2.05, 4.69) is 5.32 Å². The summed E-state index contributed by atoms with van der Waals surface area (Å²) in [4.78, 5) is 11.9. The number of phenolic OH excluding ortho intramolecular Hbond substituents is 1. The Morgan fingerprint density at radius 2 is 1.81 bits per heavy atom. The third kappa shape index (κ3) is 3.66. The molecule has 0 heterocycles. The van der Waals surface area contributed by atoms with E-state index < -0.39 is 17.6 Å². The molecular weight excluding hydrogens is 307 g/mol. The lowest BCUT2D eigenvalue weighted by Gasteiger charge is -2.11. The van der Waals surface area contributed by atoms with Gasteiger partial charge in [0.1, 0.15) is 5.75 Å². The van der Waals surface area contributed by atoms with Gasteiger partial charge in [0.05, 0.1) is 11.1 Å². The second-order valence-corrected chi connectivity index (χ2v) is 4.63. The van der Waals surface area contributed by atoms with E-state index in [-0.39, 0.29) is 22.0 Å². The summed E-state index contributed by atoms with van der Waals surface area (Å²) >= 11 is 5.62. The molecule has 1 amide bonds. The molecule has 0 radical (unpaired) electrons. The summed E-state index contributed by atoms with van der Waals surface area (Å²) in [7, 11) is 0. The number of benzene rings is 2. The number of carbonyl (C=O) groups is 1. The van der Waals surface area contributed by atoms with Crippen LogP contribution >= 0.6 is 11.6 Å². The van der Waals surface area contributed by atoms with Crippen LogP contribution in [-0.4, -0.2) is 11.0 Å². The lowest BCUT2D eigenvalue weighted by atomic mass is 10.1. The Kier molecular flexibility index (Phi) is 4.09. The van der Waals surface area contributed by atoms with E-state index in [1.807, 2.05) is 0 Å². The molecule has 0 spiro atoms. The third-order valence-electron chi connectivity index (χ3n) is 2.63. The first-order valence-electron chi connectivity index (χ1n) is 5.74. The number of para-hydroxylation sites is 1. The van der Waals surface area contributed by atoms with Crippen molar-refractivity contribution in [3.63, 3.8) is 0 Å². The van der Waals surface area contributed by atoms with Crippen molar-refractivity contribution >= 4 is 23.2 Å². The first-order chi connectivity index (χ1) is 9.77. The van der Waals surface area contributed by atoms with Gasteiger partial charge in [-0.2, -0.15) is 13.2 Å². The van der Waals surface area contributed by atoms with Gasteiger partial charge in [0.2, 0.25) is 0 Å². The van der Waals surface area contributed by atoms with Crippen LogP contribution in [0.15, 0.2) is 42.5 Å². The summed E-state index contributed by atoms with van der Waals surface area (Å²) in [5, 5.41) is 11.6. The molecule has 2 aromatic rings. The van der Waals surface area contributed by atoms with Gasteiger partial charge in [0.15, 0.2) is 0 Å². The average Bonchev–Trinajstić information content (AvgIpc) is 2.37. The van der Waals surface area contributed by atoms with Crippen molar-refractivity contribution < 1.29 is 23.1 Å². The number of aromatic hydroxyl groups is 1. The largest absolute Gasteiger partial charge is 0.507 e. The number of carbonyl (C=O) groups excluding carboxylic acids is 1. The molecule has 3 nitrogen and oxygen atoms in total. The van der Waals surface area contributed by atoms with Crippen LogP contribution in [0.25, 0.3) is 0 Å². The number of amides is 1. The summed E-state index contributed by atoms with van der Waals surface area (Å²) in [6.45, 7) is 0. The Morgan fingerprint density at radius 3 is 2.43 bits per heavy atom. The second-order valence-electron chi connectivity index (χ2n) is 4.20. The molecular formula is C14H9ClF3NO2. The van der Waals surface area contributed by atoms with Crippen LogP contribution in [0.2, 0.25) is 5.02 Å². The summed E-state index contributed by atoms with van der Waals surface area (Å²) in [5.74, 6) is -1.00. The van der Waals surface area contributed by atoms with E-state index in [4.69, 9.17) is 11.6 Å². The molecule has 2 N–H and O–H groups in total. The van der Waals surface area contributed by atoms with Crippen molar-refractivity contribution in [2.45, 2.75) is 6.18 Å². The molecule has 0 aliphatic rings. The van der Waals surface area contributed by atoms with Gasteiger partial charge in [-0.1, -0.05) is 23.7 Å². The molecule has 21 heavy (non-hydrogen) atoms. The van der Waals surface area contributed by atoms with E-state index in [1.165, 1.54) is 30.3 Å². The lowest BCUT2D eigenvalue weighted by molar-refractivity contribution is -0.137.